The smallest absolute Gasteiger partial charge is 0.318 e. The lowest BCUT2D eigenvalue weighted by Crippen LogP contribution is -2.53. The highest BCUT2D eigenvalue weighted by atomic mass is 32.1. The Kier molecular flexibility index (Phi) is 7.48. The predicted molar refractivity (Wildman–Crippen MR) is 119 cm³/mol. The molecule has 9 heteroatoms. The average Bonchev–Trinajstić information content (AvgIpc) is 3.29. The summed E-state index contributed by atoms with van der Waals surface area (Å²) in [5.74, 6) is 0.162. The van der Waals surface area contributed by atoms with Crippen molar-refractivity contribution in [2.45, 2.75) is 50.5 Å². The molecule has 2 aliphatic rings. The Morgan fingerprint density at radius 2 is 1.84 bits per heavy atom. The Labute approximate surface area is 186 Å². The molecule has 2 N–H and O–H groups in total. The van der Waals surface area contributed by atoms with Gasteiger partial charge in [0.1, 0.15) is 11.0 Å². The standard InChI is InChI=1S/C22H29N5O3S/c28-19(24-21-26-25-20(31-21)17-9-5-2-6-10-17)18(15-16-7-3-1-4-8-16)23-22(29)27-11-13-30-14-12-27/h1,3-4,7-8,17-18H,2,5-6,9-15H2,(H,23,29)(H,24,26,28). The number of carbonyl (C=O) groups is 2. The van der Waals surface area contributed by atoms with E-state index in [0.717, 1.165) is 23.4 Å². The lowest BCUT2D eigenvalue weighted by atomic mass is 9.90. The van der Waals surface area contributed by atoms with Gasteiger partial charge < -0.3 is 15.0 Å². The molecule has 1 aromatic heterocycles. The van der Waals surface area contributed by atoms with Crippen molar-refractivity contribution in [2.24, 2.45) is 0 Å². The summed E-state index contributed by atoms with van der Waals surface area (Å²) in [4.78, 5) is 27.5. The van der Waals surface area contributed by atoms with Gasteiger partial charge in [-0.2, -0.15) is 0 Å². The van der Waals surface area contributed by atoms with Gasteiger partial charge in [0.2, 0.25) is 11.0 Å². The van der Waals surface area contributed by atoms with Crippen molar-refractivity contribution in [3.63, 3.8) is 0 Å². The maximum atomic E-state index is 13.1. The molecule has 0 bridgehead atoms. The summed E-state index contributed by atoms with van der Waals surface area (Å²) in [5.41, 5.74) is 0.977. The summed E-state index contributed by atoms with van der Waals surface area (Å²) in [6, 6.07) is 8.73. The summed E-state index contributed by atoms with van der Waals surface area (Å²) in [5, 5.41) is 15.8. The Morgan fingerprint density at radius 3 is 2.58 bits per heavy atom. The van der Waals surface area contributed by atoms with E-state index < -0.39 is 6.04 Å². The molecule has 0 spiro atoms. The molecule has 2 fully saturated rings. The van der Waals surface area contributed by atoms with Crippen molar-refractivity contribution in [3.05, 3.63) is 40.9 Å². The second-order valence-corrected chi connectivity index (χ2v) is 9.07. The van der Waals surface area contributed by atoms with E-state index in [0.29, 0.717) is 43.8 Å². The number of amides is 3. The van der Waals surface area contributed by atoms with Crippen molar-refractivity contribution in [1.82, 2.24) is 20.4 Å². The number of anilines is 1. The third-order valence-electron chi connectivity index (χ3n) is 5.82. The zero-order valence-corrected chi connectivity index (χ0v) is 18.4. The first-order valence-corrected chi connectivity index (χ1v) is 11.8. The molecule has 2 aromatic rings. The highest BCUT2D eigenvalue weighted by Gasteiger charge is 2.27. The Bertz CT molecular complexity index is 863. The first kappa shape index (κ1) is 21.7. The van der Waals surface area contributed by atoms with E-state index in [2.05, 4.69) is 20.8 Å². The number of hydrogen-bond acceptors (Lipinski definition) is 6. The second-order valence-electron chi connectivity index (χ2n) is 8.06. The SMILES string of the molecule is O=C(Nc1nnc(C2CCCCC2)s1)C(Cc1ccccc1)NC(=O)N1CCOCC1. The predicted octanol–water partition coefficient (Wildman–Crippen LogP) is 3.18. The van der Waals surface area contributed by atoms with Crippen LogP contribution >= 0.6 is 11.3 Å². The van der Waals surface area contributed by atoms with Gasteiger partial charge in [-0.25, -0.2) is 4.79 Å². The molecule has 1 unspecified atom stereocenters. The van der Waals surface area contributed by atoms with Gasteiger partial charge in [0.25, 0.3) is 0 Å². The van der Waals surface area contributed by atoms with Gasteiger partial charge in [-0.3, -0.25) is 10.1 Å². The molecule has 0 radical (unpaired) electrons. The van der Waals surface area contributed by atoms with Gasteiger partial charge >= 0.3 is 6.03 Å². The number of rotatable bonds is 6. The summed E-state index contributed by atoms with van der Waals surface area (Å²) in [6.45, 7) is 2.06. The van der Waals surface area contributed by atoms with Crippen molar-refractivity contribution in [1.29, 1.82) is 0 Å². The van der Waals surface area contributed by atoms with Gasteiger partial charge in [-0.15, -0.1) is 10.2 Å². The van der Waals surface area contributed by atoms with Gasteiger partial charge in [0.15, 0.2) is 0 Å². The van der Waals surface area contributed by atoms with Crippen LogP contribution in [0.1, 0.15) is 48.6 Å². The molecular formula is C22H29N5O3S. The number of aromatic nitrogens is 2. The first-order chi connectivity index (χ1) is 15.2. The van der Waals surface area contributed by atoms with E-state index >= 15 is 0 Å². The van der Waals surface area contributed by atoms with Crippen molar-refractivity contribution >= 4 is 28.4 Å². The van der Waals surface area contributed by atoms with Gasteiger partial charge in [-0.05, 0) is 18.4 Å². The molecular weight excluding hydrogens is 414 g/mol. The molecule has 3 amide bonds. The number of urea groups is 1. The maximum Gasteiger partial charge on any atom is 0.318 e. The van der Waals surface area contributed by atoms with E-state index in [-0.39, 0.29) is 11.9 Å². The third kappa shape index (κ3) is 6.01. The fraction of sp³-hybridized carbons (Fsp3) is 0.545. The number of nitrogens with one attached hydrogen (secondary N) is 2. The monoisotopic (exact) mass is 443 g/mol. The summed E-state index contributed by atoms with van der Waals surface area (Å²) < 4.78 is 5.31. The summed E-state index contributed by atoms with van der Waals surface area (Å²) in [6.07, 6.45) is 6.39. The van der Waals surface area contributed by atoms with Crippen LogP contribution in [0.3, 0.4) is 0 Å². The van der Waals surface area contributed by atoms with Crippen LogP contribution in [0.4, 0.5) is 9.93 Å². The normalized spacial score (nSPS) is 18.4. The number of nitrogens with zero attached hydrogens (tertiary/aromatic N) is 3. The minimum atomic E-state index is -0.709. The van der Waals surface area contributed by atoms with Crippen LogP contribution in [-0.2, 0) is 16.0 Å². The van der Waals surface area contributed by atoms with Crippen molar-refractivity contribution in [2.75, 3.05) is 31.6 Å². The highest BCUT2D eigenvalue weighted by molar-refractivity contribution is 7.15. The largest absolute Gasteiger partial charge is 0.378 e. The summed E-state index contributed by atoms with van der Waals surface area (Å²) in [7, 11) is 0. The van der Waals surface area contributed by atoms with Crippen LogP contribution in [-0.4, -0.2) is 59.4 Å². The molecule has 2 heterocycles. The Morgan fingerprint density at radius 1 is 1.10 bits per heavy atom. The molecule has 1 saturated carbocycles. The van der Waals surface area contributed by atoms with E-state index in [1.807, 2.05) is 30.3 Å². The zero-order valence-electron chi connectivity index (χ0n) is 17.6. The zero-order chi connectivity index (χ0) is 21.5. The number of morpholine rings is 1. The molecule has 31 heavy (non-hydrogen) atoms. The first-order valence-electron chi connectivity index (χ1n) is 11.0. The molecule has 1 atom stereocenters. The third-order valence-corrected chi connectivity index (χ3v) is 6.82. The number of benzene rings is 1. The van der Waals surface area contributed by atoms with Gasteiger partial charge in [-0.1, -0.05) is 60.9 Å². The van der Waals surface area contributed by atoms with Gasteiger partial charge in [0, 0.05) is 25.4 Å². The molecule has 166 valence electrons. The highest BCUT2D eigenvalue weighted by Crippen LogP contribution is 2.35. The summed E-state index contributed by atoms with van der Waals surface area (Å²) >= 11 is 1.44. The van der Waals surface area contributed by atoms with Crippen LogP contribution in [0, 0.1) is 0 Å². The van der Waals surface area contributed by atoms with Crippen LogP contribution in [0.5, 0.6) is 0 Å². The fourth-order valence-corrected chi connectivity index (χ4v) is 4.97. The van der Waals surface area contributed by atoms with E-state index in [1.165, 1.54) is 30.6 Å². The fourth-order valence-electron chi connectivity index (χ4n) is 4.06. The Balaban J connectivity index is 1.42. The van der Waals surface area contributed by atoms with Crippen molar-refractivity contribution in [3.8, 4) is 0 Å². The molecule has 1 saturated heterocycles. The van der Waals surface area contributed by atoms with E-state index in [4.69, 9.17) is 4.74 Å². The lowest BCUT2D eigenvalue weighted by Gasteiger charge is -2.29. The topological polar surface area (TPSA) is 96.4 Å². The van der Waals surface area contributed by atoms with E-state index in [9.17, 15) is 9.59 Å². The van der Waals surface area contributed by atoms with Crippen LogP contribution in [0.25, 0.3) is 0 Å². The number of ether oxygens (including phenoxy) is 1. The Hall–Kier alpha value is -2.52. The van der Waals surface area contributed by atoms with E-state index in [1.54, 1.807) is 4.90 Å². The quantitative estimate of drug-likeness (QED) is 0.715. The molecule has 1 aliphatic carbocycles. The minimum Gasteiger partial charge on any atom is -0.378 e. The average molecular weight is 444 g/mol. The van der Waals surface area contributed by atoms with Crippen LogP contribution < -0.4 is 10.6 Å². The molecule has 1 aliphatic heterocycles. The van der Waals surface area contributed by atoms with Gasteiger partial charge in [0.05, 0.1) is 13.2 Å². The minimum absolute atomic E-state index is 0.250. The molecule has 1 aromatic carbocycles. The number of hydrogen-bond donors (Lipinski definition) is 2. The number of carbonyl (C=O) groups excluding carboxylic acids is 2. The van der Waals surface area contributed by atoms with Crippen molar-refractivity contribution < 1.29 is 14.3 Å². The van der Waals surface area contributed by atoms with Crippen LogP contribution in [0.15, 0.2) is 30.3 Å². The maximum absolute atomic E-state index is 13.1. The van der Waals surface area contributed by atoms with Crippen LogP contribution in [0.2, 0.25) is 0 Å². The lowest BCUT2D eigenvalue weighted by molar-refractivity contribution is -0.118. The molecule has 4 rings (SSSR count). The molecule has 8 nitrogen and oxygen atoms in total. The second kappa shape index (κ2) is 10.7.